The van der Waals surface area contributed by atoms with Gasteiger partial charge in [-0.2, -0.15) is 0 Å². The summed E-state index contributed by atoms with van der Waals surface area (Å²) in [7, 11) is 1.54. The van der Waals surface area contributed by atoms with Gasteiger partial charge in [-0.3, -0.25) is 4.79 Å². The van der Waals surface area contributed by atoms with E-state index in [1.54, 1.807) is 43.5 Å². The molecule has 0 unspecified atom stereocenters. The fourth-order valence-corrected chi connectivity index (χ4v) is 2.81. The Bertz CT molecular complexity index is 754. The number of benzene rings is 2. The molecule has 1 N–H and O–H groups in total. The number of ether oxygens (including phenoxy) is 1. The molecule has 0 aromatic heterocycles. The van der Waals surface area contributed by atoms with Crippen LogP contribution in [0.2, 0.25) is 5.02 Å². The van der Waals surface area contributed by atoms with E-state index in [-0.39, 0.29) is 17.1 Å². The smallest absolute Gasteiger partial charge is 0.189 e. The van der Waals surface area contributed by atoms with Crippen molar-refractivity contribution in [2.24, 2.45) is 0 Å². The molecule has 0 saturated carbocycles. The average molecular weight is 382 g/mol. The topological polar surface area (TPSA) is 46.5 Å². The van der Waals surface area contributed by atoms with E-state index < -0.39 is 0 Å². The molecule has 2 aromatic carbocycles. The van der Waals surface area contributed by atoms with Gasteiger partial charge in [-0.15, -0.1) is 0 Å². The summed E-state index contributed by atoms with van der Waals surface area (Å²) in [6.07, 6.45) is 3.04. The highest BCUT2D eigenvalue weighted by atomic mass is 79.9. The quantitative estimate of drug-likeness (QED) is 0.597. The van der Waals surface area contributed by atoms with Crippen molar-refractivity contribution < 1.29 is 14.6 Å². The van der Waals surface area contributed by atoms with E-state index in [1.165, 1.54) is 6.08 Å². The Morgan fingerprint density at radius 2 is 2.05 bits per heavy atom. The molecule has 114 valence electrons. The van der Waals surface area contributed by atoms with Crippen LogP contribution in [0.3, 0.4) is 0 Å². The Morgan fingerprint density at radius 3 is 2.68 bits per heavy atom. The van der Waals surface area contributed by atoms with Crippen LogP contribution in [0, 0.1) is 6.92 Å². The second-order valence-corrected chi connectivity index (χ2v) is 6.00. The number of hydrogen-bond acceptors (Lipinski definition) is 3. The van der Waals surface area contributed by atoms with E-state index in [1.807, 2.05) is 6.92 Å². The molecule has 0 atom stereocenters. The van der Waals surface area contributed by atoms with E-state index in [0.717, 1.165) is 11.1 Å². The SMILES string of the molecule is COc1ccc(/C=C/C(=O)c2cc(C)cc(Br)c2O)cc1Cl. The largest absolute Gasteiger partial charge is 0.506 e. The lowest BCUT2D eigenvalue weighted by Crippen LogP contribution is -1.96. The molecule has 5 heteroatoms. The number of hydrogen-bond donors (Lipinski definition) is 1. The predicted octanol–water partition coefficient (Wildman–Crippen LogP) is 5.02. The van der Waals surface area contributed by atoms with Gasteiger partial charge in [0.25, 0.3) is 0 Å². The van der Waals surface area contributed by atoms with Gasteiger partial charge in [0.05, 0.1) is 22.2 Å². The van der Waals surface area contributed by atoms with E-state index in [0.29, 0.717) is 15.2 Å². The predicted molar refractivity (Wildman–Crippen MR) is 91.9 cm³/mol. The van der Waals surface area contributed by atoms with Crippen molar-refractivity contribution in [2.75, 3.05) is 7.11 Å². The van der Waals surface area contributed by atoms with Crippen LogP contribution in [0.4, 0.5) is 0 Å². The maximum atomic E-state index is 12.2. The van der Waals surface area contributed by atoms with Gasteiger partial charge in [-0.25, -0.2) is 0 Å². The van der Waals surface area contributed by atoms with E-state index in [2.05, 4.69) is 15.9 Å². The van der Waals surface area contributed by atoms with Crippen LogP contribution in [0.25, 0.3) is 6.08 Å². The van der Waals surface area contributed by atoms with Crippen molar-refractivity contribution in [3.05, 3.63) is 62.6 Å². The first-order valence-corrected chi connectivity index (χ1v) is 7.64. The summed E-state index contributed by atoms with van der Waals surface area (Å²) in [5.41, 5.74) is 1.90. The normalized spacial score (nSPS) is 10.9. The average Bonchev–Trinajstić information content (AvgIpc) is 2.48. The minimum absolute atomic E-state index is 0.0620. The van der Waals surface area contributed by atoms with Crippen molar-refractivity contribution in [3.63, 3.8) is 0 Å². The summed E-state index contributed by atoms with van der Waals surface area (Å²) in [5.74, 6) is 0.229. The molecule has 22 heavy (non-hydrogen) atoms. The summed E-state index contributed by atoms with van der Waals surface area (Å²) in [6, 6.07) is 8.62. The van der Waals surface area contributed by atoms with Crippen LogP contribution in [-0.4, -0.2) is 18.0 Å². The van der Waals surface area contributed by atoms with Gasteiger partial charge >= 0.3 is 0 Å². The maximum absolute atomic E-state index is 12.2. The zero-order valence-electron chi connectivity index (χ0n) is 12.1. The first-order valence-electron chi connectivity index (χ1n) is 6.47. The minimum Gasteiger partial charge on any atom is -0.506 e. The third kappa shape index (κ3) is 3.70. The van der Waals surface area contributed by atoms with Crippen LogP contribution in [0.1, 0.15) is 21.5 Å². The molecule has 0 saturated heterocycles. The van der Waals surface area contributed by atoms with E-state index in [4.69, 9.17) is 16.3 Å². The zero-order valence-corrected chi connectivity index (χ0v) is 14.4. The Hall–Kier alpha value is -1.78. The fraction of sp³-hybridized carbons (Fsp3) is 0.118. The minimum atomic E-state index is -0.283. The molecule has 0 bridgehead atoms. The number of halogens is 2. The number of methoxy groups -OCH3 is 1. The number of rotatable bonds is 4. The lowest BCUT2D eigenvalue weighted by atomic mass is 10.1. The highest BCUT2D eigenvalue weighted by Crippen LogP contribution is 2.30. The van der Waals surface area contributed by atoms with E-state index >= 15 is 0 Å². The molecular formula is C17H14BrClO3. The first-order chi connectivity index (χ1) is 10.4. The van der Waals surface area contributed by atoms with Crippen LogP contribution in [0.5, 0.6) is 11.5 Å². The summed E-state index contributed by atoms with van der Waals surface area (Å²) < 4.78 is 5.57. The van der Waals surface area contributed by atoms with Gasteiger partial charge in [0.15, 0.2) is 5.78 Å². The number of carbonyl (C=O) groups excluding carboxylic acids is 1. The second-order valence-electron chi connectivity index (χ2n) is 4.73. The van der Waals surface area contributed by atoms with Crippen molar-refractivity contribution in [1.82, 2.24) is 0 Å². The number of aryl methyl sites for hydroxylation is 1. The molecule has 0 aliphatic carbocycles. The molecule has 3 nitrogen and oxygen atoms in total. The number of aromatic hydroxyl groups is 1. The van der Waals surface area contributed by atoms with Crippen molar-refractivity contribution >= 4 is 39.4 Å². The van der Waals surface area contributed by atoms with Gasteiger partial charge in [0.1, 0.15) is 11.5 Å². The second kappa shape index (κ2) is 6.99. The molecular weight excluding hydrogens is 368 g/mol. The molecule has 0 radical (unpaired) electrons. The maximum Gasteiger partial charge on any atom is 0.189 e. The van der Waals surface area contributed by atoms with Crippen LogP contribution < -0.4 is 4.74 Å². The lowest BCUT2D eigenvalue weighted by Gasteiger charge is -2.05. The molecule has 0 aliphatic rings. The van der Waals surface area contributed by atoms with Crippen molar-refractivity contribution in [3.8, 4) is 11.5 Å². The molecule has 0 amide bonds. The molecule has 2 rings (SSSR count). The third-order valence-electron chi connectivity index (χ3n) is 3.08. The van der Waals surface area contributed by atoms with Gasteiger partial charge in [-0.1, -0.05) is 23.7 Å². The first kappa shape index (κ1) is 16.6. The summed E-state index contributed by atoms with van der Waals surface area (Å²) in [4.78, 5) is 12.2. The number of phenolic OH excluding ortho intramolecular Hbond substituents is 1. The molecule has 0 heterocycles. The highest BCUT2D eigenvalue weighted by molar-refractivity contribution is 9.10. The van der Waals surface area contributed by atoms with Gasteiger partial charge in [-0.05, 0) is 64.3 Å². The zero-order chi connectivity index (χ0) is 16.3. The summed E-state index contributed by atoms with van der Waals surface area (Å²) >= 11 is 9.27. The monoisotopic (exact) mass is 380 g/mol. The van der Waals surface area contributed by atoms with Gasteiger partial charge in [0, 0.05) is 0 Å². The Kier molecular flexibility index (Phi) is 5.27. The number of ketones is 1. The Morgan fingerprint density at radius 1 is 1.32 bits per heavy atom. The van der Waals surface area contributed by atoms with Crippen molar-refractivity contribution in [1.29, 1.82) is 0 Å². The lowest BCUT2D eigenvalue weighted by molar-refractivity contribution is 0.104. The third-order valence-corrected chi connectivity index (χ3v) is 3.98. The van der Waals surface area contributed by atoms with Crippen LogP contribution in [-0.2, 0) is 0 Å². The molecule has 0 aliphatic heterocycles. The summed E-state index contributed by atoms with van der Waals surface area (Å²) in [6.45, 7) is 1.86. The molecule has 2 aromatic rings. The van der Waals surface area contributed by atoms with E-state index in [9.17, 15) is 9.90 Å². The number of allylic oxidation sites excluding steroid dienone is 1. The van der Waals surface area contributed by atoms with Gasteiger partial charge < -0.3 is 9.84 Å². The highest BCUT2D eigenvalue weighted by Gasteiger charge is 2.12. The fourth-order valence-electron chi connectivity index (χ4n) is 1.97. The van der Waals surface area contributed by atoms with Crippen LogP contribution in [0.15, 0.2) is 40.9 Å². The molecule has 0 spiro atoms. The van der Waals surface area contributed by atoms with Gasteiger partial charge in [0.2, 0.25) is 0 Å². The summed E-state index contributed by atoms with van der Waals surface area (Å²) in [5, 5.41) is 10.4. The van der Waals surface area contributed by atoms with Crippen molar-refractivity contribution in [2.45, 2.75) is 6.92 Å². The number of phenols is 1. The van der Waals surface area contributed by atoms with Crippen LogP contribution >= 0.6 is 27.5 Å². The standard InChI is InChI=1S/C17H14BrClO3/c1-10-7-12(17(21)13(18)8-10)15(20)5-3-11-4-6-16(22-2)14(19)9-11/h3-9,21H,1-2H3/b5-3+. The Labute approximate surface area is 142 Å². The number of carbonyl (C=O) groups is 1. The molecule has 0 fully saturated rings. The Balaban J connectivity index is 2.27.